The molecule has 3 heteroatoms. The van der Waals surface area contributed by atoms with Crippen LogP contribution in [-0.4, -0.2) is 10.1 Å². The first kappa shape index (κ1) is 14.9. The second-order valence-corrected chi connectivity index (χ2v) is 6.33. The lowest BCUT2D eigenvalue weighted by atomic mass is 9.91. The van der Waals surface area contributed by atoms with Crippen LogP contribution in [0.4, 0.5) is 0 Å². The van der Waals surface area contributed by atoms with Crippen LogP contribution >= 0.6 is 0 Å². The van der Waals surface area contributed by atoms with Crippen molar-refractivity contribution < 1.29 is 5.11 Å². The van der Waals surface area contributed by atoms with Gasteiger partial charge in [-0.2, -0.15) is 5.26 Å². The van der Waals surface area contributed by atoms with Gasteiger partial charge in [-0.3, -0.25) is 4.98 Å². The van der Waals surface area contributed by atoms with Crippen LogP contribution in [0.2, 0.25) is 0 Å². The summed E-state index contributed by atoms with van der Waals surface area (Å²) in [5, 5.41) is 20.2. The fourth-order valence-electron chi connectivity index (χ4n) is 3.56. The summed E-state index contributed by atoms with van der Waals surface area (Å²) < 4.78 is 0. The van der Waals surface area contributed by atoms with E-state index < -0.39 is 6.10 Å². The van der Waals surface area contributed by atoms with Crippen molar-refractivity contribution in [3.8, 4) is 6.07 Å². The lowest BCUT2D eigenvalue weighted by molar-refractivity contribution is 0.219. The molecular weight excluding hydrogens is 296 g/mol. The molecule has 1 aromatic heterocycles. The van der Waals surface area contributed by atoms with Crippen molar-refractivity contribution in [2.24, 2.45) is 0 Å². The number of fused-ring (bicyclic) bond motifs is 2. The minimum atomic E-state index is -0.769. The van der Waals surface area contributed by atoms with Gasteiger partial charge in [-0.15, -0.1) is 0 Å². The second kappa shape index (κ2) is 6.07. The van der Waals surface area contributed by atoms with Gasteiger partial charge in [-0.25, -0.2) is 0 Å². The van der Waals surface area contributed by atoms with Gasteiger partial charge in [0.15, 0.2) is 0 Å². The number of rotatable bonds is 1. The highest BCUT2D eigenvalue weighted by Gasteiger charge is 2.22. The van der Waals surface area contributed by atoms with E-state index in [-0.39, 0.29) is 0 Å². The molecule has 0 amide bonds. The van der Waals surface area contributed by atoms with E-state index in [2.05, 4.69) is 23.2 Å². The molecule has 118 valence electrons. The summed E-state index contributed by atoms with van der Waals surface area (Å²) in [6, 6.07) is 9.74. The van der Waals surface area contributed by atoms with Crippen LogP contribution in [-0.2, 0) is 0 Å². The van der Waals surface area contributed by atoms with Gasteiger partial charge in [0.2, 0.25) is 0 Å². The first-order valence-corrected chi connectivity index (χ1v) is 8.36. The summed E-state index contributed by atoms with van der Waals surface area (Å²) in [5.74, 6) is 0. The maximum atomic E-state index is 10.9. The van der Waals surface area contributed by atoms with Crippen LogP contribution in [0.1, 0.15) is 65.3 Å². The lowest BCUT2D eigenvalue weighted by Crippen LogP contribution is -2.06. The van der Waals surface area contributed by atoms with E-state index in [0.29, 0.717) is 5.56 Å². The van der Waals surface area contributed by atoms with Crippen molar-refractivity contribution in [3.63, 3.8) is 0 Å². The molecule has 2 aromatic rings. The van der Waals surface area contributed by atoms with E-state index in [0.717, 1.165) is 40.8 Å². The summed E-state index contributed by atoms with van der Waals surface area (Å²) >= 11 is 0. The first-order valence-electron chi connectivity index (χ1n) is 8.36. The zero-order chi connectivity index (χ0) is 16.5. The van der Waals surface area contributed by atoms with Gasteiger partial charge in [0.1, 0.15) is 6.10 Å². The molecule has 1 unspecified atom stereocenters. The fourth-order valence-corrected chi connectivity index (χ4v) is 3.56. The Hall–Kier alpha value is -2.70. The summed E-state index contributed by atoms with van der Waals surface area (Å²) in [6.45, 7) is 0. The summed E-state index contributed by atoms with van der Waals surface area (Å²) in [7, 11) is 0. The van der Waals surface area contributed by atoms with Gasteiger partial charge in [-0.1, -0.05) is 24.3 Å². The predicted octanol–water partition coefficient (Wildman–Crippen LogP) is 4.48. The average molecular weight is 314 g/mol. The number of aromatic nitrogens is 1. The monoisotopic (exact) mass is 314 g/mol. The van der Waals surface area contributed by atoms with E-state index in [1.807, 2.05) is 30.5 Å². The standard InChI is InChI=1S/C21H18N2O/c22-12-15-7-4-8-18-17(15)9-10-20-19(21(18)24)11-16(13-23-20)14-5-2-1-3-6-14/h4-5,7-11,13,21,24H,1-3,6H2. The predicted molar refractivity (Wildman–Crippen MR) is 94.8 cm³/mol. The zero-order valence-corrected chi connectivity index (χ0v) is 13.4. The minimum absolute atomic E-state index is 0.575. The number of nitrogens with zero attached hydrogens (tertiary/aromatic N) is 2. The third kappa shape index (κ3) is 2.46. The number of benzene rings is 1. The highest BCUT2D eigenvalue weighted by molar-refractivity contribution is 5.78. The van der Waals surface area contributed by atoms with Crippen LogP contribution < -0.4 is 0 Å². The molecule has 0 spiro atoms. The number of pyridine rings is 1. The van der Waals surface area contributed by atoms with Gasteiger partial charge in [0, 0.05) is 11.8 Å². The maximum Gasteiger partial charge on any atom is 0.107 e. The van der Waals surface area contributed by atoms with Gasteiger partial charge in [-0.05, 0) is 66.2 Å². The van der Waals surface area contributed by atoms with Crippen molar-refractivity contribution in [1.29, 1.82) is 5.26 Å². The number of hydrogen-bond acceptors (Lipinski definition) is 3. The van der Waals surface area contributed by atoms with Gasteiger partial charge < -0.3 is 5.11 Å². The zero-order valence-electron chi connectivity index (χ0n) is 13.4. The molecule has 1 atom stereocenters. The van der Waals surface area contributed by atoms with Crippen LogP contribution in [0, 0.1) is 11.3 Å². The molecule has 0 aliphatic heterocycles. The molecule has 0 saturated carbocycles. The highest BCUT2D eigenvalue weighted by Crippen LogP contribution is 2.35. The van der Waals surface area contributed by atoms with Gasteiger partial charge in [0.25, 0.3) is 0 Å². The molecule has 0 fully saturated rings. The molecule has 0 radical (unpaired) electrons. The Morgan fingerprint density at radius 2 is 2.08 bits per heavy atom. The van der Waals surface area contributed by atoms with E-state index in [4.69, 9.17) is 0 Å². The van der Waals surface area contributed by atoms with Crippen molar-refractivity contribution in [3.05, 3.63) is 70.0 Å². The molecule has 0 saturated heterocycles. The van der Waals surface area contributed by atoms with Crippen LogP contribution in [0.5, 0.6) is 0 Å². The second-order valence-electron chi connectivity index (χ2n) is 6.33. The number of aliphatic hydroxyl groups is 1. The average Bonchev–Trinajstić information content (AvgIpc) is 2.79. The molecule has 24 heavy (non-hydrogen) atoms. The van der Waals surface area contributed by atoms with Crippen molar-refractivity contribution in [1.82, 2.24) is 4.98 Å². The van der Waals surface area contributed by atoms with Gasteiger partial charge >= 0.3 is 0 Å². The van der Waals surface area contributed by atoms with Crippen LogP contribution in [0.25, 0.3) is 17.7 Å². The molecule has 1 aromatic carbocycles. The molecule has 4 rings (SSSR count). The van der Waals surface area contributed by atoms with Crippen molar-refractivity contribution in [2.75, 3.05) is 0 Å². The lowest BCUT2D eigenvalue weighted by Gasteiger charge is -2.18. The molecule has 3 nitrogen and oxygen atoms in total. The topological polar surface area (TPSA) is 56.9 Å². The van der Waals surface area contributed by atoms with E-state index in [1.54, 1.807) is 6.07 Å². The van der Waals surface area contributed by atoms with Gasteiger partial charge in [0.05, 0.1) is 17.3 Å². The van der Waals surface area contributed by atoms with Crippen molar-refractivity contribution >= 4 is 17.7 Å². The third-order valence-electron chi connectivity index (χ3n) is 4.87. The minimum Gasteiger partial charge on any atom is -0.384 e. The molecule has 1 heterocycles. The molecular formula is C21H18N2O. The Kier molecular flexibility index (Phi) is 3.76. The highest BCUT2D eigenvalue weighted by atomic mass is 16.3. The van der Waals surface area contributed by atoms with Crippen LogP contribution in [0.15, 0.2) is 36.5 Å². The number of aliphatic hydroxyl groups excluding tert-OH is 1. The fraction of sp³-hybridized carbons (Fsp3) is 0.238. The summed E-state index contributed by atoms with van der Waals surface area (Å²) in [5.41, 5.74) is 6.12. The SMILES string of the molecule is N#Cc1cccc2c1C=Cc1ncc(C3=CCCCC3)cc1C2O. The summed E-state index contributed by atoms with van der Waals surface area (Å²) in [4.78, 5) is 4.57. The molecule has 0 bridgehead atoms. The number of hydrogen-bond donors (Lipinski definition) is 1. The van der Waals surface area contributed by atoms with E-state index >= 15 is 0 Å². The largest absolute Gasteiger partial charge is 0.384 e. The Labute approximate surface area is 141 Å². The molecule has 2 aliphatic carbocycles. The Bertz CT molecular complexity index is 903. The van der Waals surface area contributed by atoms with E-state index in [9.17, 15) is 10.4 Å². The maximum absolute atomic E-state index is 10.9. The quantitative estimate of drug-likeness (QED) is 0.844. The molecule has 2 aliphatic rings. The van der Waals surface area contributed by atoms with Crippen LogP contribution in [0.3, 0.4) is 0 Å². The van der Waals surface area contributed by atoms with E-state index in [1.165, 1.54) is 18.4 Å². The third-order valence-corrected chi connectivity index (χ3v) is 4.87. The Balaban J connectivity index is 1.84. The van der Waals surface area contributed by atoms with Crippen molar-refractivity contribution in [2.45, 2.75) is 31.8 Å². The number of nitriles is 1. The number of allylic oxidation sites excluding steroid dienone is 2. The summed E-state index contributed by atoms with van der Waals surface area (Å²) in [6.07, 6.45) is 11.8. The molecule has 1 N–H and O–H groups in total. The smallest absolute Gasteiger partial charge is 0.107 e. The Morgan fingerprint density at radius 1 is 1.17 bits per heavy atom. The first-order chi connectivity index (χ1) is 11.8. The normalized spacial score (nSPS) is 18.8. The Morgan fingerprint density at radius 3 is 2.88 bits per heavy atom.